The first-order chi connectivity index (χ1) is 11.0. The van der Waals surface area contributed by atoms with E-state index in [2.05, 4.69) is 5.16 Å². The number of rotatable bonds is 3. The summed E-state index contributed by atoms with van der Waals surface area (Å²) in [7, 11) is 0. The lowest BCUT2D eigenvalue weighted by Crippen LogP contribution is -2.49. The number of amides is 1. The van der Waals surface area contributed by atoms with Crippen molar-refractivity contribution in [2.75, 3.05) is 0 Å². The van der Waals surface area contributed by atoms with Gasteiger partial charge in [0.05, 0.1) is 12.1 Å². The molecule has 1 aliphatic rings. The fourth-order valence-corrected chi connectivity index (χ4v) is 3.01. The monoisotopic (exact) mass is 314 g/mol. The lowest BCUT2D eigenvalue weighted by molar-refractivity contribution is -0.151. The Morgan fingerprint density at radius 2 is 2.00 bits per heavy atom. The second-order valence-corrected chi connectivity index (χ2v) is 5.83. The van der Waals surface area contributed by atoms with Crippen LogP contribution < -0.4 is 0 Å². The molecule has 1 aromatic carbocycles. The van der Waals surface area contributed by atoms with Gasteiger partial charge in [-0.2, -0.15) is 0 Å². The highest BCUT2D eigenvalue weighted by Gasteiger charge is 2.34. The maximum atomic E-state index is 12.7. The van der Waals surface area contributed by atoms with Gasteiger partial charge in [0.15, 0.2) is 0 Å². The quantitative estimate of drug-likeness (QED) is 0.935. The predicted octanol–water partition coefficient (Wildman–Crippen LogP) is 1.87. The van der Waals surface area contributed by atoms with Gasteiger partial charge in [0.1, 0.15) is 11.8 Å². The minimum atomic E-state index is -0.980. The van der Waals surface area contributed by atoms with Gasteiger partial charge in [-0.05, 0) is 25.0 Å². The number of aromatic nitrogens is 1. The highest BCUT2D eigenvalue weighted by molar-refractivity contribution is 5.86. The zero-order valence-electron chi connectivity index (χ0n) is 13.1. The van der Waals surface area contributed by atoms with Crippen LogP contribution in [0.25, 0.3) is 0 Å². The Morgan fingerprint density at radius 1 is 1.30 bits per heavy atom. The standard InChI is InChI=1S/C17H18N2O4/c1-10-14(11(2)23-18-10)8-16(20)19-9-13-6-4-3-5-12(13)7-15(19)17(21)22/h3-6,15H,7-9H2,1-2H3,(H,21,22)/t15-/m0/s1. The van der Waals surface area contributed by atoms with Crippen LogP contribution in [0.15, 0.2) is 28.8 Å². The number of fused-ring (bicyclic) bond motifs is 1. The van der Waals surface area contributed by atoms with Gasteiger partial charge < -0.3 is 14.5 Å². The second kappa shape index (κ2) is 5.87. The lowest BCUT2D eigenvalue weighted by atomic mass is 9.93. The molecule has 1 atom stereocenters. The Bertz CT molecular complexity index is 746. The molecule has 1 aliphatic heterocycles. The van der Waals surface area contributed by atoms with E-state index in [0.29, 0.717) is 24.4 Å². The summed E-state index contributed by atoms with van der Waals surface area (Å²) in [6.07, 6.45) is 0.436. The lowest BCUT2D eigenvalue weighted by Gasteiger charge is -2.34. The number of carboxylic acids is 1. The second-order valence-electron chi connectivity index (χ2n) is 5.83. The van der Waals surface area contributed by atoms with Crippen LogP contribution in [0.1, 0.15) is 28.1 Å². The van der Waals surface area contributed by atoms with E-state index in [1.165, 1.54) is 4.90 Å². The average molecular weight is 314 g/mol. The van der Waals surface area contributed by atoms with Crippen molar-refractivity contribution in [1.29, 1.82) is 0 Å². The number of aliphatic carboxylic acids is 1. The van der Waals surface area contributed by atoms with Gasteiger partial charge in [0, 0.05) is 18.5 Å². The highest BCUT2D eigenvalue weighted by Crippen LogP contribution is 2.25. The van der Waals surface area contributed by atoms with Crippen LogP contribution in [-0.4, -0.2) is 33.1 Å². The minimum absolute atomic E-state index is 0.104. The largest absolute Gasteiger partial charge is 0.480 e. The molecular weight excluding hydrogens is 296 g/mol. The molecule has 1 aromatic heterocycles. The summed E-state index contributed by atoms with van der Waals surface area (Å²) in [5, 5.41) is 13.3. The van der Waals surface area contributed by atoms with E-state index in [1.54, 1.807) is 13.8 Å². The molecule has 6 heteroatoms. The number of benzene rings is 1. The van der Waals surface area contributed by atoms with Crippen molar-refractivity contribution in [2.24, 2.45) is 0 Å². The molecule has 0 radical (unpaired) electrons. The summed E-state index contributed by atoms with van der Waals surface area (Å²) in [4.78, 5) is 25.7. The minimum Gasteiger partial charge on any atom is -0.480 e. The molecule has 0 aliphatic carbocycles. The highest BCUT2D eigenvalue weighted by atomic mass is 16.5. The van der Waals surface area contributed by atoms with Crippen LogP contribution >= 0.6 is 0 Å². The van der Waals surface area contributed by atoms with Crippen molar-refractivity contribution in [3.8, 4) is 0 Å². The fourth-order valence-electron chi connectivity index (χ4n) is 3.01. The number of hydrogen-bond acceptors (Lipinski definition) is 4. The summed E-state index contributed by atoms with van der Waals surface area (Å²) in [5.41, 5.74) is 3.39. The number of carbonyl (C=O) groups excluding carboxylic acids is 1. The summed E-state index contributed by atoms with van der Waals surface area (Å²) < 4.78 is 5.08. The Labute approximate surface area is 133 Å². The molecule has 120 valence electrons. The Morgan fingerprint density at radius 3 is 2.61 bits per heavy atom. The van der Waals surface area contributed by atoms with E-state index in [0.717, 1.165) is 16.7 Å². The molecule has 0 unspecified atom stereocenters. The smallest absolute Gasteiger partial charge is 0.326 e. The Kier molecular flexibility index (Phi) is 3.90. The summed E-state index contributed by atoms with van der Waals surface area (Å²) in [5.74, 6) is -0.604. The fraction of sp³-hybridized carbons (Fsp3) is 0.353. The van der Waals surface area contributed by atoms with E-state index >= 15 is 0 Å². The summed E-state index contributed by atoms with van der Waals surface area (Å²) >= 11 is 0. The Hall–Kier alpha value is -2.63. The van der Waals surface area contributed by atoms with Crippen LogP contribution in [0.3, 0.4) is 0 Å². The number of aryl methyl sites for hydroxylation is 2. The van der Waals surface area contributed by atoms with Gasteiger partial charge in [-0.3, -0.25) is 4.79 Å². The molecule has 1 N–H and O–H groups in total. The molecule has 0 saturated carbocycles. The zero-order chi connectivity index (χ0) is 16.6. The van der Waals surface area contributed by atoms with Crippen molar-refractivity contribution in [3.05, 3.63) is 52.4 Å². The van der Waals surface area contributed by atoms with E-state index in [9.17, 15) is 14.7 Å². The van der Waals surface area contributed by atoms with Gasteiger partial charge in [-0.15, -0.1) is 0 Å². The molecule has 0 spiro atoms. The Balaban J connectivity index is 1.87. The van der Waals surface area contributed by atoms with Crippen molar-refractivity contribution >= 4 is 11.9 Å². The van der Waals surface area contributed by atoms with Crippen molar-refractivity contribution in [3.63, 3.8) is 0 Å². The van der Waals surface area contributed by atoms with Gasteiger partial charge in [0.2, 0.25) is 5.91 Å². The summed E-state index contributed by atoms with van der Waals surface area (Å²) in [6.45, 7) is 3.84. The van der Waals surface area contributed by atoms with Crippen LogP contribution in [0.5, 0.6) is 0 Å². The first-order valence-corrected chi connectivity index (χ1v) is 7.48. The maximum Gasteiger partial charge on any atom is 0.326 e. The van der Waals surface area contributed by atoms with Gasteiger partial charge >= 0.3 is 5.97 Å². The van der Waals surface area contributed by atoms with E-state index in [4.69, 9.17) is 4.52 Å². The number of carboxylic acid groups (broad SMARTS) is 1. The van der Waals surface area contributed by atoms with E-state index in [-0.39, 0.29) is 12.3 Å². The van der Waals surface area contributed by atoms with Crippen molar-refractivity contribution in [1.82, 2.24) is 10.1 Å². The first kappa shape index (κ1) is 15.3. The van der Waals surface area contributed by atoms with Gasteiger partial charge in [-0.25, -0.2) is 4.79 Å². The van der Waals surface area contributed by atoms with Crippen LogP contribution in [0, 0.1) is 13.8 Å². The number of nitrogens with zero attached hydrogens (tertiary/aromatic N) is 2. The van der Waals surface area contributed by atoms with Gasteiger partial charge in [0.25, 0.3) is 0 Å². The van der Waals surface area contributed by atoms with E-state index in [1.807, 2.05) is 24.3 Å². The molecule has 2 heterocycles. The zero-order valence-corrected chi connectivity index (χ0v) is 13.1. The number of hydrogen-bond donors (Lipinski definition) is 1. The third-order valence-electron chi connectivity index (χ3n) is 4.36. The van der Waals surface area contributed by atoms with Crippen LogP contribution in [-0.2, 0) is 29.0 Å². The van der Waals surface area contributed by atoms with Crippen molar-refractivity contribution in [2.45, 2.75) is 39.3 Å². The van der Waals surface area contributed by atoms with E-state index < -0.39 is 12.0 Å². The molecular formula is C17H18N2O4. The molecule has 1 amide bonds. The normalized spacial score (nSPS) is 17.0. The van der Waals surface area contributed by atoms with Crippen LogP contribution in [0.2, 0.25) is 0 Å². The average Bonchev–Trinajstić information content (AvgIpc) is 2.85. The molecule has 3 rings (SSSR count). The summed E-state index contributed by atoms with van der Waals surface area (Å²) in [6, 6.07) is 6.80. The molecule has 6 nitrogen and oxygen atoms in total. The SMILES string of the molecule is Cc1noc(C)c1CC(=O)N1Cc2ccccc2C[C@H]1C(=O)O. The van der Waals surface area contributed by atoms with Gasteiger partial charge in [-0.1, -0.05) is 29.4 Å². The maximum absolute atomic E-state index is 12.7. The predicted molar refractivity (Wildman–Crippen MR) is 81.8 cm³/mol. The topological polar surface area (TPSA) is 83.6 Å². The molecule has 2 aromatic rings. The number of carbonyl (C=O) groups is 2. The molecule has 23 heavy (non-hydrogen) atoms. The molecule has 0 bridgehead atoms. The third kappa shape index (κ3) is 2.84. The van der Waals surface area contributed by atoms with Crippen molar-refractivity contribution < 1.29 is 19.2 Å². The van der Waals surface area contributed by atoms with Crippen LogP contribution in [0.4, 0.5) is 0 Å². The molecule has 0 saturated heterocycles. The third-order valence-corrected chi connectivity index (χ3v) is 4.36. The molecule has 0 fully saturated rings. The first-order valence-electron chi connectivity index (χ1n) is 7.48.